The largest absolute Gasteiger partial charge is 0.481 e. The van der Waals surface area contributed by atoms with Crippen LogP contribution >= 0.6 is 0 Å². The molecular weight excluding hydrogens is 300 g/mol. The van der Waals surface area contributed by atoms with Gasteiger partial charge in [0, 0.05) is 0 Å². The molecule has 0 spiro atoms. The number of hydrogen-bond donors (Lipinski definition) is 1. The summed E-state index contributed by atoms with van der Waals surface area (Å²) in [5, 5.41) is 9.38. The SMILES string of the molecule is CCC(CC)C(C(=O)O)C(=O)Oc1ccccc1C1OCCO1. The maximum Gasteiger partial charge on any atom is 0.326 e. The van der Waals surface area contributed by atoms with Crippen LogP contribution in [0.3, 0.4) is 0 Å². The third-order valence-corrected chi connectivity index (χ3v) is 4.05. The zero-order valence-electron chi connectivity index (χ0n) is 13.4. The van der Waals surface area contributed by atoms with Crippen LogP contribution < -0.4 is 4.74 Å². The first-order valence-electron chi connectivity index (χ1n) is 7.85. The Bertz CT molecular complexity index is 546. The Labute approximate surface area is 135 Å². The van der Waals surface area contributed by atoms with Crippen molar-refractivity contribution in [1.82, 2.24) is 0 Å². The lowest BCUT2D eigenvalue weighted by Gasteiger charge is -2.21. The quantitative estimate of drug-likeness (QED) is 0.472. The molecule has 0 amide bonds. The number of carboxylic acids is 1. The number of hydrogen-bond acceptors (Lipinski definition) is 5. The van der Waals surface area contributed by atoms with Gasteiger partial charge >= 0.3 is 11.9 Å². The second-order valence-corrected chi connectivity index (χ2v) is 5.42. The van der Waals surface area contributed by atoms with Crippen LogP contribution in [0, 0.1) is 11.8 Å². The molecule has 1 atom stereocenters. The number of aliphatic carboxylic acids is 1. The topological polar surface area (TPSA) is 82.1 Å². The number of carboxylic acid groups (broad SMARTS) is 1. The number of esters is 1. The van der Waals surface area contributed by atoms with E-state index in [1.165, 1.54) is 0 Å². The van der Waals surface area contributed by atoms with Crippen LogP contribution in [0.4, 0.5) is 0 Å². The first-order valence-corrected chi connectivity index (χ1v) is 7.85. The number of carbonyl (C=O) groups is 2. The van der Waals surface area contributed by atoms with Crippen molar-refractivity contribution < 1.29 is 28.9 Å². The maximum absolute atomic E-state index is 12.4. The Hall–Kier alpha value is -1.92. The fourth-order valence-electron chi connectivity index (χ4n) is 2.73. The van der Waals surface area contributed by atoms with Crippen molar-refractivity contribution in [2.45, 2.75) is 33.0 Å². The molecule has 126 valence electrons. The predicted molar refractivity (Wildman–Crippen MR) is 81.9 cm³/mol. The molecule has 0 aliphatic carbocycles. The van der Waals surface area contributed by atoms with E-state index in [4.69, 9.17) is 14.2 Å². The van der Waals surface area contributed by atoms with Crippen LogP contribution in [0.1, 0.15) is 38.5 Å². The van der Waals surface area contributed by atoms with Crippen LogP contribution in [0.2, 0.25) is 0 Å². The summed E-state index contributed by atoms with van der Waals surface area (Å²) in [4.78, 5) is 23.9. The lowest BCUT2D eigenvalue weighted by atomic mass is 9.88. The van der Waals surface area contributed by atoms with Crippen molar-refractivity contribution in [2.75, 3.05) is 13.2 Å². The van der Waals surface area contributed by atoms with Crippen LogP contribution in [-0.2, 0) is 19.1 Å². The fourth-order valence-corrected chi connectivity index (χ4v) is 2.73. The van der Waals surface area contributed by atoms with Gasteiger partial charge in [-0.15, -0.1) is 0 Å². The third-order valence-electron chi connectivity index (χ3n) is 4.05. The highest BCUT2D eigenvalue weighted by Crippen LogP contribution is 2.32. The fraction of sp³-hybridized carbons (Fsp3) is 0.529. The van der Waals surface area contributed by atoms with Crippen molar-refractivity contribution in [3.63, 3.8) is 0 Å². The number of benzene rings is 1. The van der Waals surface area contributed by atoms with Crippen molar-refractivity contribution >= 4 is 11.9 Å². The first-order chi connectivity index (χ1) is 11.1. The molecule has 1 aromatic rings. The van der Waals surface area contributed by atoms with Crippen LogP contribution in [0.5, 0.6) is 5.75 Å². The Morgan fingerprint density at radius 1 is 1.22 bits per heavy atom. The van der Waals surface area contributed by atoms with E-state index in [0.29, 0.717) is 31.6 Å². The second-order valence-electron chi connectivity index (χ2n) is 5.42. The average Bonchev–Trinajstić information content (AvgIpc) is 3.06. The zero-order chi connectivity index (χ0) is 16.8. The highest BCUT2D eigenvalue weighted by Gasteiger charge is 2.35. The molecule has 2 rings (SSSR count). The minimum atomic E-state index is -1.18. The summed E-state index contributed by atoms with van der Waals surface area (Å²) in [6, 6.07) is 6.86. The highest BCUT2D eigenvalue weighted by atomic mass is 16.7. The summed E-state index contributed by atoms with van der Waals surface area (Å²) >= 11 is 0. The lowest BCUT2D eigenvalue weighted by Crippen LogP contribution is -2.34. The normalized spacial score (nSPS) is 16.5. The van der Waals surface area contributed by atoms with Gasteiger partial charge < -0.3 is 19.3 Å². The molecule has 23 heavy (non-hydrogen) atoms. The first kappa shape index (κ1) is 17.4. The van der Waals surface area contributed by atoms with Gasteiger partial charge in [0.1, 0.15) is 5.75 Å². The molecule has 1 heterocycles. The van der Waals surface area contributed by atoms with E-state index in [1.54, 1.807) is 24.3 Å². The van der Waals surface area contributed by atoms with E-state index >= 15 is 0 Å². The molecule has 1 fully saturated rings. The molecule has 0 saturated carbocycles. The Balaban J connectivity index is 2.20. The smallest absolute Gasteiger partial charge is 0.326 e. The average molecular weight is 322 g/mol. The molecule has 1 N–H and O–H groups in total. The number of carbonyl (C=O) groups excluding carboxylic acids is 1. The molecule has 1 aromatic carbocycles. The van der Waals surface area contributed by atoms with Gasteiger partial charge in [-0.3, -0.25) is 9.59 Å². The number of para-hydroxylation sites is 1. The number of ether oxygens (including phenoxy) is 3. The third kappa shape index (κ3) is 4.09. The highest BCUT2D eigenvalue weighted by molar-refractivity contribution is 5.95. The van der Waals surface area contributed by atoms with E-state index in [9.17, 15) is 14.7 Å². The predicted octanol–water partition coefficient (Wildman–Crippen LogP) is 2.77. The second kappa shape index (κ2) is 8.08. The van der Waals surface area contributed by atoms with Gasteiger partial charge in [-0.2, -0.15) is 0 Å². The summed E-state index contributed by atoms with van der Waals surface area (Å²) in [6.45, 7) is 4.67. The summed E-state index contributed by atoms with van der Waals surface area (Å²) in [6.07, 6.45) is 0.605. The van der Waals surface area contributed by atoms with E-state index in [0.717, 1.165) is 0 Å². The van der Waals surface area contributed by atoms with E-state index in [1.807, 2.05) is 13.8 Å². The van der Waals surface area contributed by atoms with Crippen molar-refractivity contribution in [2.24, 2.45) is 11.8 Å². The van der Waals surface area contributed by atoms with Crippen molar-refractivity contribution in [3.05, 3.63) is 29.8 Å². The van der Waals surface area contributed by atoms with Crippen LogP contribution in [0.15, 0.2) is 24.3 Å². The molecule has 6 heteroatoms. The van der Waals surface area contributed by atoms with E-state index in [-0.39, 0.29) is 11.7 Å². The Morgan fingerprint density at radius 2 is 1.83 bits per heavy atom. The molecule has 6 nitrogen and oxygen atoms in total. The minimum absolute atomic E-state index is 0.258. The van der Waals surface area contributed by atoms with Gasteiger partial charge in [-0.05, 0) is 12.0 Å². The molecule has 1 aliphatic heterocycles. The molecular formula is C17H22O6. The van der Waals surface area contributed by atoms with Gasteiger partial charge in [-0.1, -0.05) is 44.9 Å². The van der Waals surface area contributed by atoms with Gasteiger partial charge in [0.25, 0.3) is 0 Å². The maximum atomic E-state index is 12.4. The molecule has 0 bridgehead atoms. The molecule has 0 radical (unpaired) electrons. The van der Waals surface area contributed by atoms with Crippen LogP contribution in [0.25, 0.3) is 0 Å². The molecule has 0 aromatic heterocycles. The van der Waals surface area contributed by atoms with Crippen LogP contribution in [-0.4, -0.2) is 30.3 Å². The van der Waals surface area contributed by atoms with E-state index < -0.39 is 24.1 Å². The lowest BCUT2D eigenvalue weighted by molar-refractivity contribution is -0.156. The summed E-state index contributed by atoms with van der Waals surface area (Å²) in [5.74, 6) is -3.07. The Kier molecular flexibility index (Phi) is 6.12. The van der Waals surface area contributed by atoms with Crippen molar-refractivity contribution in [3.8, 4) is 5.75 Å². The van der Waals surface area contributed by atoms with E-state index in [2.05, 4.69) is 0 Å². The van der Waals surface area contributed by atoms with Crippen molar-refractivity contribution in [1.29, 1.82) is 0 Å². The summed E-state index contributed by atoms with van der Waals surface area (Å²) < 4.78 is 16.2. The molecule has 1 unspecified atom stereocenters. The summed E-state index contributed by atoms with van der Waals surface area (Å²) in [5.41, 5.74) is 0.590. The van der Waals surface area contributed by atoms with Gasteiger partial charge in [0.15, 0.2) is 12.2 Å². The molecule has 1 saturated heterocycles. The Morgan fingerprint density at radius 3 is 2.39 bits per heavy atom. The van der Waals surface area contributed by atoms with Gasteiger partial charge in [0.05, 0.1) is 18.8 Å². The standard InChI is InChI=1S/C17H22O6/c1-3-11(4-2)14(15(18)19)16(20)23-13-8-6-5-7-12(13)17-21-9-10-22-17/h5-8,11,14,17H,3-4,9-10H2,1-2H3,(H,18,19). The summed E-state index contributed by atoms with van der Waals surface area (Å²) in [7, 11) is 0. The number of rotatable bonds is 7. The van der Waals surface area contributed by atoms with Gasteiger partial charge in [0.2, 0.25) is 0 Å². The van der Waals surface area contributed by atoms with Gasteiger partial charge in [-0.25, -0.2) is 0 Å². The minimum Gasteiger partial charge on any atom is -0.481 e. The molecule has 1 aliphatic rings. The monoisotopic (exact) mass is 322 g/mol. The zero-order valence-corrected chi connectivity index (χ0v) is 13.4.